The Morgan fingerprint density at radius 1 is 0.807 bits per heavy atom. The van der Waals surface area contributed by atoms with Crippen molar-refractivity contribution in [2.75, 3.05) is 26.5 Å². The summed E-state index contributed by atoms with van der Waals surface area (Å²) in [7, 11) is 2.80. The highest BCUT2D eigenvalue weighted by atomic mass is 16.5. The molecule has 2 aliphatic carbocycles. The Kier molecular flexibility index (Phi) is 11.1. The summed E-state index contributed by atoms with van der Waals surface area (Å²) in [6.07, 6.45) is 9.29. The summed E-state index contributed by atoms with van der Waals surface area (Å²) in [4.78, 5) is 50.9. The molecule has 11 heteroatoms. The zero-order valence-corrected chi connectivity index (χ0v) is 32.9. The number of carbonyl (C=O) groups is 3. The van der Waals surface area contributed by atoms with Crippen LogP contribution in [0.3, 0.4) is 0 Å². The van der Waals surface area contributed by atoms with E-state index in [0.717, 1.165) is 82.6 Å². The predicted molar refractivity (Wildman–Crippen MR) is 223 cm³/mol. The quantitative estimate of drug-likeness (QED) is 0.169. The lowest BCUT2D eigenvalue weighted by Gasteiger charge is -2.31. The van der Waals surface area contributed by atoms with Crippen LogP contribution in [-0.2, 0) is 25.6 Å². The first-order chi connectivity index (χ1) is 27.7. The maximum Gasteiger partial charge on any atom is 0.407 e. The summed E-state index contributed by atoms with van der Waals surface area (Å²) in [6.45, 7) is 2.87. The minimum atomic E-state index is -0.855. The third-order valence-electron chi connectivity index (χ3n) is 12.9. The number of aliphatic imine (C=N–C) groups is 2. The third-order valence-corrected chi connectivity index (χ3v) is 12.9. The highest BCUT2D eigenvalue weighted by Gasteiger charge is 2.52. The van der Waals surface area contributed by atoms with Crippen molar-refractivity contribution in [3.05, 3.63) is 102 Å². The molecule has 1 saturated heterocycles. The fourth-order valence-corrected chi connectivity index (χ4v) is 9.76. The van der Waals surface area contributed by atoms with Crippen LogP contribution in [0.5, 0.6) is 0 Å². The number of likely N-dealkylation sites (tertiary alicyclic amines) is 1. The number of anilines is 1. The Balaban J connectivity index is 0.861. The fraction of sp³-hybridized carbons (Fsp3) is 0.413. The van der Waals surface area contributed by atoms with Gasteiger partial charge in [0.1, 0.15) is 6.04 Å². The van der Waals surface area contributed by atoms with Crippen LogP contribution in [0.4, 0.5) is 10.5 Å². The van der Waals surface area contributed by atoms with Crippen molar-refractivity contribution in [1.29, 1.82) is 0 Å². The van der Waals surface area contributed by atoms with E-state index in [9.17, 15) is 14.4 Å². The molecule has 4 N–H and O–H groups in total. The summed E-state index contributed by atoms with van der Waals surface area (Å²) in [5.74, 6) is 1.09. The highest BCUT2D eigenvalue weighted by Crippen LogP contribution is 2.54. The lowest BCUT2D eigenvalue weighted by Crippen LogP contribution is -2.56. The molecule has 3 aliphatic heterocycles. The smallest absolute Gasteiger partial charge is 0.407 e. The van der Waals surface area contributed by atoms with Gasteiger partial charge in [-0.3, -0.25) is 19.6 Å². The molecule has 57 heavy (non-hydrogen) atoms. The van der Waals surface area contributed by atoms with E-state index in [4.69, 9.17) is 25.2 Å². The van der Waals surface area contributed by atoms with E-state index < -0.39 is 18.2 Å². The lowest BCUT2D eigenvalue weighted by molar-refractivity contribution is -0.136. The van der Waals surface area contributed by atoms with Gasteiger partial charge in [-0.05, 0) is 102 Å². The van der Waals surface area contributed by atoms with Gasteiger partial charge in [-0.1, -0.05) is 60.7 Å². The summed E-state index contributed by atoms with van der Waals surface area (Å²) in [5, 5.41) is 5.88. The molecule has 0 radical (unpaired) electrons. The number of carbonyl (C=O) groups excluding carboxylic acids is 3. The summed E-state index contributed by atoms with van der Waals surface area (Å²) in [5.41, 5.74) is 16.6. The number of nitrogens with one attached hydrogen (secondary N) is 2. The Morgan fingerprint density at radius 3 is 2.04 bits per heavy atom. The maximum absolute atomic E-state index is 13.7. The molecule has 3 amide bonds. The van der Waals surface area contributed by atoms with Gasteiger partial charge >= 0.3 is 6.09 Å². The molecule has 8 rings (SSSR count). The molecule has 0 spiro atoms. The molecule has 5 aliphatic rings. The van der Waals surface area contributed by atoms with Crippen LogP contribution in [0.25, 0.3) is 22.3 Å². The van der Waals surface area contributed by atoms with Crippen LogP contribution < -0.4 is 16.4 Å². The van der Waals surface area contributed by atoms with E-state index in [1.165, 1.54) is 26.2 Å². The second-order valence-electron chi connectivity index (χ2n) is 16.1. The van der Waals surface area contributed by atoms with E-state index >= 15 is 0 Å². The Labute approximate surface area is 334 Å². The first-order valence-corrected chi connectivity index (χ1v) is 20.2. The normalized spacial score (nSPS) is 24.7. The molecule has 3 unspecified atom stereocenters. The average Bonchev–Trinajstić information content (AvgIpc) is 4.10. The monoisotopic (exact) mass is 768 g/mol. The number of amides is 3. The van der Waals surface area contributed by atoms with Gasteiger partial charge in [-0.15, -0.1) is 0 Å². The summed E-state index contributed by atoms with van der Waals surface area (Å²) < 4.78 is 10.2. The van der Waals surface area contributed by atoms with E-state index in [1.54, 1.807) is 6.92 Å². The molecule has 7 atom stereocenters. The van der Waals surface area contributed by atoms with Gasteiger partial charge in [0.2, 0.25) is 11.8 Å². The zero-order chi connectivity index (χ0) is 39.6. The van der Waals surface area contributed by atoms with Crippen LogP contribution in [-0.4, -0.2) is 73.2 Å². The largest absolute Gasteiger partial charge is 0.453 e. The Morgan fingerprint density at radius 2 is 1.40 bits per heavy atom. The zero-order valence-electron chi connectivity index (χ0n) is 32.9. The van der Waals surface area contributed by atoms with Crippen molar-refractivity contribution in [2.45, 2.75) is 76.6 Å². The van der Waals surface area contributed by atoms with Crippen molar-refractivity contribution >= 4 is 46.2 Å². The predicted octanol–water partition coefficient (Wildman–Crippen LogP) is 7.04. The van der Waals surface area contributed by atoms with Gasteiger partial charge in [0, 0.05) is 74.4 Å². The molecule has 296 valence electrons. The highest BCUT2D eigenvalue weighted by molar-refractivity contribution is 6.04. The molecule has 2 bridgehead atoms. The van der Waals surface area contributed by atoms with Crippen LogP contribution in [0.1, 0.15) is 68.6 Å². The second-order valence-corrected chi connectivity index (χ2v) is 16.1. The van der Waals surface area contributed by atoms with E-state index in [2.05, 4.69) is 59.2 Å². The Hall–Kier alpha value is -5.55. The van der Waals surface area contributed by atoms with Gasteiger partial charge in [-0.25, -0.2) is 4.79 Å². The van der Waals surface area contributed by atoms with Crippen LogP contribution >= 0.6 is 0 Å². The number of alkyl carbamates (subject to hydrolysis) is 1. The standard InChI is InChI=1S/C46H52N6O5/c1-27(56-2)43(51-46(55)57-3)45(54)52-20-4-5-40(52)38-22-35(25-48-38)31-12-8-29(9-13-31)30-10-14-32(15-11-30)36-23-39(49-26-36)41-33-16-17-34(21-33)42(41)44(53)50-24-28-6-18-37(47)19-7-28/h6-15,18-19,25-27,33-34,40-43H,4-5,16-17,20-24,47H2,1-3H3,(H,50,53)(H,51,55)/t27-,33?,34?,40+,41?,42+,43+/m1/s1. The third kappa shape index (κ3) is 7.90. The number of ether oxygens (including phenoxy) is 2. The fourth-order valence-electron chi connectivity index (χ4n) is 9.76. The van der Waals surface area contributed by atoms with Gasteiger partial charge in [0.25, 0.3) is 0 Å². The van der Waals surface area contributed by atoms with E-state index in [0.29, 0.717) is 31.3 Å². The number of benzene rings is 3. The number of nitrogens with zero attached hydrogens (tertiary/aromatic N) is 3. The van der Waals surface area contributed by atoms with Gasteiger partial charge in [-0.2, -0.15) is 0 Å². The van der Waals surface area contributed by atoms with Crippen molar-refractivity contribution in [3.63, 3.8) is 0 Å². The van der Waals surface area contributed by atoms with Crippen molar-refractivity contribution in [3.8, 4) is 11.1 Å². The number of nitrogen functional groups attached to an aromatic ring is 1. The van der Waals surface area contributed by atoms with Crippen LogP contribution in [0.15, 0.2) is 95.2 Å². The van der Waals surface area contributed by atoms with E-state index in [-0.39, 0.29) is 29.7 Å². The molecule has 11 nitrogen and oxygen atoms in total. The minimum Gasteiger partial charge on any atom is -0.453 e. The first-order valence-electron chi connectivity index (χ1n) is 20.2. The number of fused-ring (bicyclic) bond motifs is 2. The molecular weight excluding hydrogens is 717 g/mol. The number of hydrogen-bond donors (Lipinski definition) is 3. The van der Waals surface area contributed by atoms with Gasteiger partial charge in [0.05, 0.1) is 19.3 Å². The number of nitrogens with two attached hydrogens (primary N) is 1. The SMILES string of the molecule is COC(=O)N[C@H](C(=O)N1CCC[C@H]1C1=NC=C(c2ccc(-c3ccc(C4=CN=C(C5C6CCC(C6)[C@@H]5C(=O)NCc5ccc(N)cc5)C4)cc3)cc2)C1)[C@@H](C)OC. The summed E-state index contributed by atoms with van der Waals surface area (Å²) in [6, 6.07) is 24.0. The van der Waals surface area contributed by atoms with Crippen molar-refractivity contribution in [1.82, 2.24) is 15.5 Å². The number of rotatable bonds is 12. The molecule has 2 saturated carbocycles. The second kappa shape index (κ2) is 16.5. The number of methoxy groups -OCH3 is 2. The number of allylic oxidation sites excluding steroid dienone is 2. The Bertz CT molecular complexity index is 2120. The van der Waals surface area contributed by atoms with Crippen molar-refractivity contribution in [2.24, 2.45) is 33.7 Å². The first kappa shape index (κ1) is 38.3. The van der Waals surface area contributed by atoms with Crippen LogP contribution in [0, 0.1) is 23.7 Å². The van der Waals surface area contributed by atoms with E-state index in [1.807, 2.05) is 41.6 Å². The average molecular weight is 769 g/mol. The molecule has 3 aromatic carbocycles. The number of hydrogen-bond acceptors (Lipinski definition) is 8. The molecule has 0 aromatic heterocycles. The topological polar surface area (TPSA) is 148 Å². The van der Waals surface area contributed by atoms with Crippen molar-refractivity contribution < 1.29 is 23.9 Å². The van der Waals surface area contributed by atoms with Crippen LogP contribution in [0.2, 0.25) is 0 Å². The molecule has 3 fully saturated rings. The molecule has 3 aromatic rings. The lowest BCUT2D eigenvalue weighted by atomic mass is 9.75. The molecule has 3 heterocycles. The van der Waals surface area contributed by atoms with Gasteiger partial charge < -0.3 is 30.7 Å². The van der Waals surface area contributed by atoms with Gasteiger partial charge in [0.15, 0.2) is 0 Å². The molecular formula is C46H52N6O5. The maximum atomic E-state index is 13.7. The summed E-state index contributed by atoms with van der Waals surface area (Å²) >= 11 is 0. The minimum absolute atomic E-state index is 0.0197.